The molecule has 88 valence electrons. The summed E-state index contributed by atoms with van der Waals surface area (Å²) in [5, 5.41) is 3.81. The van der Waals surface area contributed by atoms with Gasteiger partial charge in [-0.2, -0.15) is 0 Å². The molecule has 0 spiro atoms. The predicted molar refractivity (Wildman–Crippen MR) is 69.4 cm³/mol. The molecule has 0 aliphatic carbocycles. The third-order valence-electron chi connectivity index (χ3n) is 3.96. The maximum absolute atomic E-state index is 3.81. The van der Waals surface area contributed by atoms with E-state index in [1.54, 1.807) is 0 Å². The first-order chi connectivity index (χ1) is 7.76. The molecule has 1 saturated heterocycles. The van der Waals surface area contributed by atoms with Crippen LogP contribution in [-0.2, 0) is 5.54 Å². The summed E-state index contributed by atoms with van der Waals surface area (Å²) in [5.41, 5.74) is 1.67. The maximum Gasteiger partial charge on any atom is 0.0457 e. The van der Waals surface area contributed by atoms with Gasteiger partial charge in [-0.1, -0.05) is 57.0 Å². The third-order valence-corrected chi connectivity index (χ3v) is 3.96. The Bertz CT molecular complexity index is 307. The molecule has 16 heavy (non-hydrogen) atoms. The van der Waals surface area contributed by atoms with Crippen molar-refractivity contribution in [3.05, 3.63) is 35.9 Å². The average Bonchev–Trinajstić information content (AvgIpc) is 2.56. The van der Waals surface area contributed by atoms with Gasteiger partial charge in [0.25, 0.3) is 0 Å². The molecule has 1 aliphatic rings. The lowest BCUT2D eigenvalue weighted by atomic mass is 9.76. The normalized spacial score (nSPS) is 26.7. The van der Waals surface area contributed by atoms with Crippen LogP contribution in [0.3, 0.4) is 0 Å². The molecule has 1 fully saturated rings. The number of benzene rings is 1. The second-order valence-corrected chi connectivity index (χ2v) is 5.23. The molecule has 0 aromatic heterocycles. The fraction of sp³-hybridized carbons (Fsp3) is 0.600. The Kier molecular flexibility index (Phi) is 3.65. The van der Waals surface area contributed by atoms with Crippen molar-refractivity contribution in [2.75, 3.05) is 6.54 Å². The highest BCUT2D eigenvalue weighted by Gasteiger charge is 2.35. The number of nitrogens with one attached hydrogen (secondary N) is 1. The Morgan fingerprint density at radius 2 is 1.81 bits per heavy atom. The monoisotopic (exact) mass is 217 g/mol. The molecule has 1 N–H and O–H groups in total. The number of hydrogen-bond acceptors (Lipinski definition) is 1. The Labute approximate surface area is 99.3 Å². The van der Waals surface area contributed by atoms with Crippen molar-refractivity contribution in [2.45, 2.75) is 45.1 Å². The molecular weight excluding hydrogens is 194 g/mol. The predicted octanol–water partition coefficient (Wildman–Crippen LogP) is 3.70. The second kappa shape index (κ2) is 5.01. The minimum atomic E-state index is 0.206. The van der Waals surface area contributed by atoms with E-state index in [4.69, 9.17) is 0 Å². The summed E-state index contributed by atoms with van der Waals surface area (Å²) in [5.74, 6) is 0.646. The first kappa shape index (κ1) is 11.7. The van der Waals surface area contributed by atoms with Crippen LogP contribution in [-0.4, -0.2) is 6.54 Å². The largest absolute Gasteiger partial charge is 0.307 e. The van der Waals surface area contributed by atoms with Crippen LogP contribution in [0.4, 0.5) is 0 Å². The molecule has 0 bridgehead atoms. The van der Waals surface area contributed by atoms with Crippen molar-refractivity contribution in [3.63, 3.8) is 0 Å². The zero-order valence-electron chi connectivity index (χ0n) is 10.5. The van der Waals surface area contributed by atoms with Crippen LogP contribution >= 0.6 is 0 Å². The van der Waals surface area contributed by atoms with Crippen molar-refractivity contribution in [3.8, 4) is 0 Å². The van der Waals surface area contributed by atoms with Gasteiger partial charge >= 0.3 is 0 Å². The van der Waals surface area contributed by atoms with Crippen molar-refractivity contribution in [1.29, 1.82) is 0 Å². The first-order valence-electron chi connectivity index (χ1n) is 6.56. The van der Waals surface area contributed by atoms with E-state index in [-0.39, 0.29) is 5.54 Å². The van der Waals surface area contributed by atoms with Crippen molar-refractivity contribution < 1.29 is 0 Å². The van der Waals surface area contributed by atoms with Crippen LogP contribution in [0.2, 0.25) is 0 Å². The van der Waals surface area contributed by atoms with Crippen LogP contribution in [0.1, 0.15) is 45.1 Å². The van der Waals surface area contributed by atoms with Gasteiger partial charge in [0.1, 0.15) is 0 Å². The number of rotatable bonds is 2. The van der Waals surface area contributed by atoms with E-state index in [0.29, 0.717) is 5.92 Å². The van der Waals surface area contributed by atoms with Crippen LogP contribution in [0.5, 0.6) is 0 Å². The van der Waals surface area contributed by atoms with Gasteiger partial charge in [0.15, 0.2) is 0 Å². The van der Waals surface area contributed by atoms with Gasteiger partial charge in [0.2, 0.25) is 0 Å². The highest BCUT2D eigenvalue weighted by Crippen LogP contribution is 2.36. The summed E-state index contributed by atoms with van der Waals surface area (Å²) in [4.78, 5) is 0. The van der Waals surface area contributed by atoms with Gasteiger partial charge < -0.3 is 5.32 Å². The van der Waals surface area contributed by atoms with Crippen molar-refractivity contribution >= 4 is 0 Å². The lowest BCUT2D eigenvalue weighted by molar-refractivity contribution is 0.231. The van der Waals surface area contributed by atoms with E-state index in [1.165, 1.54) is 31.2 Å². The third kappa shape index (κ3) is 2.15. The topological polar surface area (TPSA) is 12.0 Å². The molecular formula is C15H23N. The van der Waals surface area contributed by atoms with Gasteiger partial charge in [-0.25, -0.2) is 0 Å². The summed E-state index contributed by atoms with van der Waals surface area (Å²) in [6.45, 7) is 5.84. The molecule has 1 heteroatoms. The molecule has 1 aliphatic heterocycles. The Morgan fingerprint density at radius 3 is 2.50 bits per heavy atom. The molecule has 2 rings (SSSR count). The summed E-state index contributed by atoms with van der Waals surface area (Å²) >= 11 is 0. The summed E-state index contributed by atoms with van der Waals surface area (Å²) in [7, 11) is 0. The Morgan fingerprint density at radius 1 is 1.06 bits per heavy atom. The van der Waals surface area contributed by atoms with Crippen LogP contribution < -0.4 is 5.32 Å². The molecule has 1 heterocycles. The first-order valence-corrected chi connectivity index (χ1v) is 6.56. The van der Waals surface area contributed by atoms with Gasteiger partial charge in [0.05, 0.1) is 0 Å². The zero-order valence-corrected chi connectivity index (χ0v) is 10.5. The van der Waals surface area contributed by atoms with Crippen LogP contribution in [0, 0.1) is 5.92 Å². The van der Waals surface area contributed by atoms with Crippen LogP contribution in [0.15, 0.2) is 30.3 Å². The van der Waals surface area contributed by atoms with E-state index in [9.17, 15) is 0 Å². The molecule has 1 aromatic rings. The van der Waals surface area contributed by atoms with Gasteiger partial charge in [-0.15, -0.1) is 0 Å². The van der Waals surface area contributed by atoms with E-state index in [0.717, 1.165) is 6.54 Å². The van der Waals surface area contributed by atoms with E-state index in [2.05, 4.69) is 49.5 Å². The molecule has 1 nitrogen and oxygen atoms in total. The molecule has 0 saturated carbocycles. The van der Waals surface area contributed by atoms with E-state index >= 15 is 0 Å². The number of hydrogen-bond donors (Lipinski definition) is 1. The smallest absolute Gasteiger partial charge is 0.0457 e. The summed E-state index contributed by atoms with van der Waals surface area (Å²) < 4.78 is 0. The Balaban J connectivity index is 2.34. The van der Waals surface area contributed by atoms with Crippen LogP contribution in [0.25, 0.3) is 0 Å². The van der Waals surface area contributed by atoms with Gasteiger partial charge in [-0.3, -0.25) is 0 Å². The quantitative estimate of drug-likeness (QED) is 0.796. The highest BCUT2D eigenvalue weighted by atomic mass is 15.0. The lowest BCUT2D eigenvalue weighted by Crippen LogP contribution is -2.46. The van der Waals surface area contributed by atoms with Gasteiger partial charge in [0, 0.05) is 5.54 Å². The molecule has 1 atom stereocenters. The summed E-state index contributed by atoms with van der Waals surface area (Å²) in [6, 6.07) is 11.0. The second-order valence-electron chi connectivity index (χ2n) is 5.23. The zero-order chi connectivity index (χ0) is 11.4. The highest BCUT2D eigenvalue weighted by molar-refractivity contribution is 5.25. The SMILES string of the molecule is CC(C)C1(c2ccccc2)CCCCCN1. The van der Waals surface area contributed by atoms with Gasteiger partial charge in [-0.05, 0) is 30.9 Å². The molecule has 1 aromatic carbocycles. The molecule has 0 amide bonds. The fourth-order valence-corrected chi connectivity index (χ4v) is 2.91. The minimum Gasteiger partial charge on any atom is -0.307 e. The van der Waals surface area contributed by atoms with E-state index < -0.39 is 0 Å². The molecule has 1 unspecified atom stereocenters. The Hall–Kier alpha value is -0.820. The minimum absolute atomic E-state index is 0.206. The standard InChI is InChI=1S/C15H23N/c1-13(2)15(11-7-4-8-12-16-15)14-9-5-3-6-10-14/h3,5-6,9-10,13,16H,4,7-8,11-12H2,1-2H3. The fourth-order valence-electron chi connectivity index (χ4n) is 2.91. The maximum atomic E-state index is 3.81. The average molecular weight is 217 g/mol. The molecule has 0 radical (unpaired) electrons. The van der Waals surface area contributed by atoms with E-state index in [1.807, 2.05) is 0 Å². The van der Waals surface area contributed by atoms with Crippen molar-refractivity contribution in [2.24, 2.45) is 5.92 Å². The summed E-state index contributed by atoms with van der Waals surface area (Å²) in [6.07, 6.45) is 5.31. The lowest BCUT2D eigenvalue weighted by Gasteiger charge is -2.38. The van der Waals surface area contributed by atoms with Crippen molar-refractivity contribution in [1.82, 2.24) is 5.32 Å².